The second-order valence-corrected chi connectivity index (χ2v) is 3.30. The highest BCUT2D eigenvalue weighted by atomic mass is 35.5. The van der Waals surface area contributed by atoms with Gasteiger partial charge in [-0.15, -0.1) is 0 Å². The number of benzene rings is 1. The zero-order valence-electron chi connectivity index (χ0n) is 8.08. The number of nitrogens with two attached hydrogens (primary N) is 1. The monoisotopic (exact) mass is 224 g/mol. The maximum absolute atomic E-state index is 11.0. The molecule has 0 fully saturated rings. The predicted molar refractivity (Wildman–Crippen MR) is 56.3 cm³/mol. The summed E-state index contributed by atoms with van der Waals surface area (Å²) in [5.74, 6) is -0.412. The number of esters is 1. The van der Waals surface area contributed by atoms with E-state index in [2.05, 4.69) is 4.74 Å². The Morgan fingerprint density at radius 1 is 1.67 bits per heavy atom. The molecule has 2 N–H and O–H groups in total. The van der Waals surface area contributed by atoms with Crippen LogP contribution in [0.1, 0.15) is 11.1 Å². The van der Waals surface area contributed by atoms with E-state index in [1.54, 1.807) is 0 Å². The first-order valence-electron chi connectivity index (χ1n) is 4.13. The minimum absolute atomic E-state index is 0.0320. The van der Waals surface area contributed by atoms with Gasteiger partial charge in [0.25, 0.3) is 0 Å². The van der Waals surface area contributed by atoms with Crippen molar-refractivity contribution in [2.24, 2.45) is 0 Å². The lowest BCUT2D eigenvalue weighted by atomic mass is 10.1. The Labute approximate surface area is 92.2 Å². The Balaban J connectivity index is 3.09. The number of hydrogen-bond donors (Lipinski definition) is 1. The van der Waals surface area contributed by atoms with Gasteiger partial charge in [-0.25, -0.2) is 0 Å². The molecule has 78 valence electrons. The number of carbonyl (C=O) groups excluding carboxylic acids is 1. The Kier molecular flexibility index (Phi) is 3.53. The molecular formula is C10H9ClN2O2. The molecule has 0 spiro atoms. The van der Waals surface area contributed by atoms with E-state index < -0.39 is 5.97 Å². The molecule has 15 heavy (non-hydrogen) atoms. The predicted octanol–water partition coefficient (Wildman–Crippen LogP) is 1.51. The third kappa shape index (κ3) is 2.61. The summed E-state index contributed by atoms with van der Waals surface area (Å²) in [6, 6.07) is 4.87. The fourth-order valence-electron chi connectivity index (χ4n) is 1.09. The fraction of sp³-hybridized carbons (Fsp3) is 0.200. The van der Waals surface area contributed by atoms with Crippen LogP contribution < -0.4 is 5.73 Å². The van der Waals surface area contributed by atoms with Crippen molar-refractivity contribution in [3.63, 3.8) is 0 Å². The Morgan fingerprint density at radius 3 is 2.87 bits per heavy atom. The van der Waals surface area contributed by atoms with Crippen molar-refractivity contribution >= 4 is 23.3 Å². The molecule has 0 heterocycles. The Morgan fingerprint density at radius 2 is 2.33 bits per heavy atom. The molecule has 0 saturated carbocycles. The van der Waals surface area contributed by atoms with Gasteiger partial charge in [0, 0.05) is 5.02 Å². The number of rotatable bonds is 2. The molecule has 0 saturated heterocycles. The molecule has 1 rings (SSSR count). The molecule has 0 aliphatic rings. The third-order valence-electron chi connectivity index (χ3n) is 1.90. The summed E-state index contributed by atoms with van der Waals surface area (Å²) < 4.78 is 4.50. The maximum atomic E-state index is 11.0. The van der Waals surface area contributed by atoms with Crippen LogP contribution >= 0.6 is 11.6 Å². The van der Waals surface area contributed by atoms with Gasteiger partial charge in [-0.3, -0.25) is 4.79 Å². The number of hydrogen-bond acceptors (Lipinski definition) is 4. The summed E-state index contributed by atoms with van der Waals surface area (Å²) in [5.41, 5.74) is 6.68. The quantitative estimate of drug-likeness (QED) is 0.610. The summed E-state index contributed by atoms with van der Waals surface area (Å²) >= 11 is 5.86. The molecule has 1 aromatic rings. The van der Waals surface area contributed by atoms with E-state index in [9.17, 15) is 4.79 Å². The van der Waals surface area contributed by atoms with E-state index in [1.807, 2.05) is 6.07 Å². The summed E-state index contributed by atoms with van der Waals surface area (Å²) in [6.07, 6.45) is 0.0320. The molecule has 0 unspecified atom stereocenters. The van der Waals surface area contributed by atoms with Crippen molar-refractivity contribution in [3.8, 4) is 6.07 Å². The van der Waals surface area contributed by atoms with Crippen LogP contribution in [0.15, 0.2) is 12.1 Å². The zero-order valence-corrected chi connectivity index (χ0v) is 8.84. The third-order valence-corrected chi connectivity index (χ3v) is 2.25. The molecule has 0 aliphatic heterocycles. The molecule has 0 bridgehead atoms. The second kappa shape index (κ2) is 4.67. The van der Waals surface area contributed by atoms with Crippen LogP contribution in [-0.4, -0.2) is 13.1 Å². The smallest absolute Gasteiger partial charge is 0.310 e. The first-order chi connectivity index (χ1) is 7.08. The lowest BCUT2D eigenvalue weighted by Crippen LogP contribution is -2.06. The average molecular weight is 225 g/mol. The molecule has 0 atom stereocenters. The van der Waals surface area contributed by atoms with Crippen molar-refractivity contribution in [1.29, 1.82) is 5.26 Å². The van der Waals surface area contributed by atoms with E-state index in [-0.39, 0.29) is 6.42 Å². The summed E-state index contributed by atoms with van der Waals surface area (Å²) in [7, 11) is 1.29. The van der Waals surface area contributed by atoms with Gasteiger partial charge in [0.2, 0.25) is 0 Å². The number of halogens is 1. The van der Waals surface area contributed by atoms with Crippen LogP contribution in [0, 0.1) is 11.3 Å². The summed E-state index contributed by atoms with van der Waals surface area (Å²) in [5, 5.41) is 9.09. The van der Waals surface area contributed by atoms with Crippen molar-refractivity contribution in [3.05, 3.63) is 28.3 Å². The van der Waals surface area contributed by atoms with Crippen molar-refractivity contribution in [1.82, 2.24) is 0 Å². The van der Waals surface area contributed by atoms with Crippen LogP contribution in [0.2, 0.25) is 5.02 Å². The highest BCUT2D eigenvalue weighted by Crippen LogP contribution is 2.23. The van der Waals surface area contributed by atoms with E-state index in [4.69, 9.17) is 22.6 Å². The molecule has 0 amide bonds. The van der Waals surface area contributed by atoms with Gasteiger partial charge in [0.05, 0.1) is 24.8 Å². The largest absolute Gasteiger partial charge is 0.469 e. The molecule has 1 aromatic carbocycles. The normalized spacial score (nSPS) is 9.40. The Bertz CT molecular complexity index is 438. The number of nitriles is 1. The van der Waals surface area contributed by atoms with Crippen molar-refractivity contribution in [2.75, 3.05) is 12.8 Å². The summed E-state index contributed by atoms with van der Waals surface area (Å²) in [6.45, 7) is 0. The molecular weight excluding hydrogens is 216 g/mol. The minimum atomic E-state index is -0.412. The number of anilines is 1. The van der Waals surface area contributed by atoms with Crippen LogP contribution in [0.3, 0.4) is 0 Å². The maximum Gasteiger partial charge on any atom is 0.310 e. The molecule has 0 aromatic heterocycles. The van der Waals surface area contributed by atoms with Gasteiger partial charge >= 0.3 is 5.97 Å². The van der Waals surface area contributed by atoms with Gasteiger partial charge in [-0.2, -0.15) is 5.26 Å². The van der Waals surface area contributed by atoms with Crippen molar-refractivity contribution in [2.45, 2.75) is 6.42 Å². The van der Waals surface area contributed by atoms with Gasteiger partial charge in [0.15, 0.2) is 0 Å². The number of methoxy groups -OCH3 is 1. The fourth-order valence-corrected chi connectivity index (χ4v) is 1.33. The van der Waals surface area contributed by atoms with Gasteiger partial charge in [0.1, 0.15) is 6.07 Å². The topological polar surface area (TPSA) is 76.1 Å². The number of ether oxygens (including phenoxy) is 1. The second-order valence-electron chi connectivity index (χ2n) is 2.90. The molecule has 0 aliphatic carbocycles. The molecule has 4 nitrogen and oxygen atoms in total. The van der Waals surface area contributed by atoms with E-state index in [0.717, 1.165) is 0 Å². The van der Waals surface area contributed by atoms with E-state index >= 15 is 0 Å². The highest BCUT2D eigenvalue weighted by Gasteiger charge is 2.10. The van der Waals surface area contributed by atoms with Crippen LogP contribution in [-0.2, 0) is 16.0 Å². The summed E-state index contributed by atoms with van der Waals surface area (Å²) in [4.78, 5) is 11.0. The number of carbonyl (C=O) groups is 1. The van der Waals surface area contributed by atoms with Crippen LogP contribution in [0.25, 0.3) is 0 Å². The van der Waals surface area contributed by atoms with Crippen LogP contribution in [0.4, 0.5) is 5.69 Å². The van der Waals surface area contributed by atoms with E-state index in [1.165, 1.54) is 19.2 Å². The standard InChI is InChI=1S/C10H9ClN2O2/c1-15-10(14)3-6-2-7(5-12)9(13)4-8(6)11/h2,4H,3,13H2,1H3. The minimum Gasteiger partial charge on any atom is -0.469 e. The van der Waals surface area contributed by atoms with Crippen LogP contribution in [0.5, 0.6) is 0 Å². The Hall–Kier alpha value is -1.73. The molecule has 0 radical (unpaired) electrons. The van der Waals surface area contributed by atoms with Gasteiger partial charge < -0.3 is 10.5 Å². The van der Waals surface area contributed by atoms with Gasteiger partial charge in [-0.1, -0.05) is 11.6 Å². The van der Waals surface area contributed by atoms with Crippen molar-refractivity contribution < 1.29 is 9.53 Å². The average Bonchev–Trinajstić information content (AvgIpc) is 2.21. The molecule has 5 heteroatoms. The lowest BCUT2D eigenvalue weighted by molar-refractivity contribution is -0.139. The number of nitrogen functional groups attached to an aromatic ring is 1. The number of nitrogens with zero attached hydrogens (tertiary/aromatic N) is 1. The van der Waals surface area contributed by atoms with Gasteiger partial charge in [-0.05, 0) is 17.7 Å². The first kappa shape index (κ1) is 11.3. The zero-order chi connectivity index (χ0) is 11.4. The van der Waals surface area contributed by atoms with E-state index in [0.29, 0.717) is 21.8 Å². The lowest BCUT2D eigenvalue weighted by Gasteiger charge is -2.05. The highest BCUT2D eigenvalue weighted by molar-refractivity contribution is 6.31. The SMILES string of the molecule is COC(=O)Cc1cc(C#N)c(N)cc1Cl. The first-order valence-corrected chi connectivity index (χ1v) is 4.51.